The minimum Gasteiger partial charge on any atom is -0.499 e. The first-order valence-corrected chi connectivity index (χ1v) is 2.29. The molecule has 11 heavy (non-hydrogen) atoms. The van der Waals surface area contributed by atoms with Crippen molar-refractivity contribution < 1.29 is 25.9 Å². The minimum absolute atomic E-state index is 0. The van der Waals surface area contributed by atoms with Crippen LogP contribution in [0.3, 0.4) is 0 Å². The summed E-state index contributed by atoms with van der Waals surface area (Å²) in [5, 5.41) is 34.2. The largest absolute Gasteiger partial charge is 0.499 e. The molecule has 0 unspecified atom stereocenters. The van der Waals surface area contributed by atoms with Gasteiger partial charge in [-0.05, 0) is 0 Å². The van der Waals surface area contributed by atoms with Gasteiger partial charge in [-0.3, -0.25) is 0 Å². The lowest BCUT2D eigenvalue weighted by Crippen LogP contribution is -1.82. The van der Waals surface area contributed by atoms with E-state index in [0.29, 0.717) is 0 Å². The Balaban J connectivity index is 0.000001000. The van der Waals surface area contributed by atoms with E-state index < -0.39 is 23.5 Å². The fourth-order valence-electron chi connectivity index (χ4n) is 0.420. The van der Waals surface area contributed by atoms with Gasteiger partial charge in [0.2, 0.25) is 5.75 Å². The molecule has 0 aliphatic heterocycles. The second-order valence-corrected chi connectivity index (χ2v) is 1.52. The molecule has 0 fully saturated rings. The molecule has 0 bridgehead atoms. The van der Waals surface area contributed by atoms with Gasteiger partial charge in [0.15, 0.2) is 0 Å². The van der Waals surface area contributed by atoms with Crippen molar-refractivity contribution in [2.24, 2.45) is 0 Å². The van der Waals surface area contributed by atoms with Crippen LogP contribution in [-0.2, 0) is 0 Å². The van der Waals surface area contributed by atoms with Crippen LogP contribution in [0.4, 0.5) is 0 Å². The summed E-state index contributed by atoms with van der Waals surface area (Å²) in [5.41, 5.74) is 0. The predicted molar refractivity (Wildman–Crippen MR) is 32.3 cm³/mol. The molecule has 0 amide bonds. The van der Waals surface area contributed by atoms with Crippen molar-refractivity contribution in [3.05, 3.63) is 0 Å². The zero-order valence-corrected chi connectivity index (χ0v) is 5.18. The molecule has 7 heteroatoms. The molecule has 0 aromatic carbocycles. The summed E-state index contributed by atoms with van der Waals surface area (Å²) in [5.74, 6) is -2.56. The van der Waals surface area contributed by atoms with Crippen LogP contribution >= 0.6 is 0 Å². The highest BCUT2D eigenvalue weighted by Crippen LogP contribution is 2.31. The second kappa shape index (κ2) is 2.88. The van der Waals surface area contributed by atoms with Crippen LogP contribution in [0, 0.1) is 0 Å². The molecule has 6 N–H and O–H groups in total. The average molecular weight is 162 g/mol. The number of hydrogen-bond acceptors (Lipinski definition) is 6. The van der Waals surface area contributed by atoms with E-state index in [1.165, 1.54) is 0 Å². The summed E-state index contributed by atoms with van der Waals surface area (Å²) in [7, 11) is 0. The SMILES string of the molecule is O.Oc1nc(O)c(O)c(O)n1. The van der Waals surface area contributed by atoms with Gasteiger partial charge in [0.05, 0.1) is 0 Å². The van der Waals surface area contributed by atoms with Crippen LogP contribution < -0.4 is 0 Å². The number of nitrogens with zero attached hydrogens (tertiary/aromatic N) is 2. The highest BCUT2D eigenvalue weighted by Gasteiger charge is 2.09. The van der Waals surface area contributed by atoms with Gasteiger partial charge in [0, 0.05) is 0 Å². The molecule has 0 aliphatic carbocycles. The Bertz CT molecular complexity index is 240. The summed E-state index contributed by atoms with van der Waals surface area (Å²) in [6.45, 7) is 0. The van der Waals surface area contributed by atoms with Gasteiger partial charge in [0.25, 0.3) is 11.8 Å². The van der Waals surface area contributed by atoms with Crippen molar-refractivity contribution in [1.82, 2.24) is 9.97 Å². The molecule has 0 aliphatic rings. The van der Waals surface area contributed by atoms with E-state index in [1.54, 1.807) is 0 Å². The molecule has 1 rings (SSSR count). The molecule has 0 saturated heterocycles. The zero-order valence-electron chi connectivity index (χ0n) is 5.18. The van der Waals surface area contributed by atoms with Gasteiger partial charge in [-0.15, -0.1) is 0 Å². The third-order valence-corrected chi connectivity index (χ3v) is 0.835. The number of rotatable bonds is 0. The summed E-state index contributed by atoms with van der Waals surface area (Å²) in [6, 6.07) is -0.798. The van der Waals surface area contributed by atoms with Gasteiger partial charge in [-0.1, -0.05) is 0 Å². The number of aromatic nitrogens is 2. The van der Waals surface area contributed by atoms with Crippen LogP contribution in [0.25, 0.3) is 0 Å². The number of hydrogen-bond donors (Lipinski definition) is 4. The quantitative estimate of drug-likeness (QED) is 0.365. The van der Waals surface area contributed by atoms with Crippen LogP contribution in [0.2, 0.25) is 0 Å². The van der Waals surface area contributed by atoms with Crippen LogP contribution in [0.5, 0.6) is 23.5 Å². The van der Waals surface area contributed by atoms with E-state index >= 15 is 0 Å². The van der Waals surface area contributed by atoms with Crippen molar-refractivity contribution >= 4 is 0 Å². The molecule has 62 valence electrons. The number of aromatic hydroxyl groups is 4. The second-order valence-electron chi connectivity index (χ2n) is 1.52. The lowest BCUT2D eigenvalue weighted by atomic mass is 10.5. The fraction of sp³-hybridized carbons (Fsp3) is 0. The third kappa shape index (κ3) is 1.58. The fourth-order valence-corrected chi connectivity index (χ4v) is 0.420. The van der Waals surface area contributed by atoms with Crippen molar-refractivity contribution in [1.29, 1.82) is 0 Å². The monoisotopic (exact) mass is 162 g/mol. The molecule has 0 spiro atoms. The first-order chi connectivity index (χ1) is 4.61. The summed E-state index contributed by atoms with van der Waals surface area (Å²) in [6.07, 6.45) is 0. The smallest absolute Gasteiger partial charge is 0.320 e. The van der Waals surface area contributed by atoms with Crippen molar-refractivity contribution in [3.8, 4) is 23.5 Å². The topological polar surface area (TPSA) is 138 Å². The summed E-state index contributed by atoms with van der Waals surface area (Å²) in [4.78, 5) is 5.85. The van der Waals surface area contributed by atoms with Gasteiger partial charge < -0.3 is 25.9 Å². The van der Waals surface area contributed by atoms with Crippen LogP contribution in [0.1, 0.15) is 0 Å². The Hall–Kier alpha value is -1.76. The maximum atomic E-state index is 8.59. The predicted octanol–water partition coefficient (Wildman–Crippen LogP) is -1.53. The van der Waals surface area contributed by atoms with Gasteiger partial charge >= 0.3 is 6.01 Å². The summed E-state index contributed by atoms with van der Waals surface area (Å²) < 4.78 is 0. The summed E-state index contributed by atoms with van der Waals surface area (Å²) >= 11 is 0. The molecule has 0 radical (unpaired) electrons. The molecule has 0 atom stereocenters. The lowest BCUT2D eigenvalue weighted by molar-refractivity contribution is 0.324. The van der Waals surface area contributed by atoms with E-state index in [2.05, 4.69) is 9.97 Å². The molecule has 1 heterocycles. The van der Waals surface area contributed by atoms with Crippen molar-refractivity contribution in [2.45, 2.75) is 0 Å². The first kappa shape index (κ1) is 9.24. The minimum atomic E-state index is -0.856. The zero-order chi connectivity index (χ0) is 7.72. The maximum absolute atomic E-state index is 8.59. The van der Waals surface area contributed by atoms with E-state index in [1.807, 2.05) is 0 Å². The molecule has 1 aromatic heterocycles. The first-order valence-electron chi connectivity index (χ1n) is 2.29. The normalized spacial score (nSPS) is 8.73. The van der Waals surface area contributed by atoms with Crippen molar-refractivity contribution in [3.63, 3.8) is 0 Å². The van der Waals surface area contributed by atoms with Gasteiger partial charge in [0.1, 0.15) is 0 Å². The molecule has 0 saturated carbocycles. The molecule has 1 aromatic rings. The Morgan fingerprint density at radius 2 is 1.18 bits per heavy atom. The Kier molecular flexibility index (Phi) is 2.42. The van der Waals surface area contributed by atoms with Crippen LogP contribution in [-0.4, -0.2) is 35.9 Å². The maximum Gasteiger partial charge on any atom is 0.320 e. The van der Waals surface area contributed by atoms with Gasteiger partial charge in [-0.25, -0.2) is 0 Å². The van der Waals surface area contributed by atoms with E-state index in [9.17, 15) is 0 Å². The van der Waals surface area contributed by atoms with E-state index in [4.69, 9.17) is 20.4 Å². The third-order valence-electron chi connectivity index (χ3n) is 0.835. The standard InChI is InChI=1S/C4H4N2O4.H2O/c7-1-2(8)5-4(10)6-3(1)9;/h7H,(H3,5,6,8,9,10);1H2. The van der Waals surface area contributed by atoms with Crippen LogP contribution in [0.15, 0.2) is 0 Å². The molecular weight excluding hydrogens is 156 g/mol. The van der Waals surface area contributed by atoms with Crippen molar-refractivity contribution in [2.75, 3.05) is 0 Å². The van der Waals surface area contributed by atoms with E-state index in [-0.39, 0.29) is 5.48 Å². The lowest BCUT2D eigenvalue weighted by Gasteiger charge is -1.96. The highest BCUT2D eigenvalue weighted by molar-refractivity contribution is 5.39. The molecule has 7 nitrogen and oxygen atoms in total. The Morgan fingerprint density at radius 3 is 1.55 bits per heavy atom. The molecular formula is C4H6N2O5. The Labute approximate surface area is 60.5 Å². The van der Waals surface area contributed by atoms with Gasteiger partial charge in [-0.2, -0.15) is 9.97 Å². The Morgan fingerprint density at radius 1 is 0.818 bits per heavy atom. The highest BCUT2D eigenvalue weighted by atomic mass is 16.3. The average Bonchev–Trinajstić information content (AvgIpc) is 1.82. The van der Waals surface area contributed by atoms with E-state index in [0.717, 1.165) is 0 Å².